The number of hydrogen-bond acceptors (Lipinski definition) is 11. The van der Waals surface area contributed by atoms with Gasteiger partial charge in [0.05, 0.1) is 36.1 Å². The molecule has 4 fully saturated rings. The molecule has 0 spiro atoms. The van der Waals surface area contributed by atoms with Crippen LogP contribution in [0.3, 0.4) is 0 Å². The molecule has 1 aliphatic carbocycles. The number of nitrogens with zero attached hydrogens (tertiary/aromatic N) is 5. The van der Waals surface area contributed by atoms with E-state index in [1.807, 2.05) is 41.7 Å². The second-order valence-corrected chi connectivity index (χ2v) is 22.5. The largest absolute Gasteiger partial charge is 0.462 e. The van der Waals surface area contributed by atoms with Gasteiger partial charge in [-0.15, -0.1) is 0 Å². The number of aromatic nitrogens is 4. The second-order valence-electron chi connectivity index (χ2n) is 22.5. The first-order valence-corrected chi connectivity index (χ1v) is 25.4. The summed E-state index contributed by atoms with van der Waals surface area (Å²) in [5, 5.41) is 5.74. The molecule has 4 aliphatic heterocycles. The van der Waals surface area contributed by atoms with Crippen molar-refractivity contribution in [2.75, 3.05) is 34.2 Å². The Bertz CT molecular complexity index is 2160. The maximum absolute atomic E-state index is 13.4. The number of carbonyl (C=O) groups excluding carboxylic acids is 4. The van der Waals surface area contributed by atoms with E-state index in [9.17, 15) is 19.2 Å². The van der Waals surface area contributed by atoms with Gasteiger partial charge in [0.15, 0.2) is 0 Å². The van der Waals surface area contributed by atoms with Gasteiger partial charge in [0.25, 0.3) is 6.47 Å². The fraction of sp³-hybridized carbons (Fsp3) is 0.698. The Labute approximate surface area is 406 Å². The summed E-state index contributed by atoms with van der Waals surface area (Å²) in [5.41, 5.74) is 7.78. The van der Waals surface area contributed by atoms with E-state index in [1.54, 1.807) is 37.5 Å². The molecule has 3 aromatic rings. The zero-order valence-corrected chi connectivity index (χ0v) is 43.4. The molecule has 3 saturated heterocycles. The predicted molar refractivity (Wildman–Crippen MR) is 266 cm³/mol. The Morgan fingerprint density at radius 3 is 1.93 bits per heavy atom. The summed E-state index contributed by atoms with van der Waals surface area (Å²) in [6.45, 7) is 21.2. The molecule has 2 aromatic heterocycles. The van der Waals surface area contributed by atoms with Gasteiger partial charge in [-0.05, 0) is 168 Å². The van der Waals surface area contributed by atoms with E-state index in [2.05, 4.69) is 92.5 Å². The van der Waals surface area contributed by atoms with Gasteiger partial charge in [-0.2, -0.15) is 0 Å². The highest BCUT2D eigenvalue weighted by Gasteiger charge is 2.46. The van der Waals surface area contributed by atoms with Gasteiger partial charge in [0.2, 0.25) is 5.91 Å². The average Bonchev–Trinajstić information content (AvgIpc) is 4.15. The molecule has 376 valence electrons. The van der Waals surface area contributed by atoms with Gasteiger partial charge in [0, 0.05) is 42.0 Å². The molecule has 6 atom stereocenters. The van der Waals surface area contributed by atoms with Crippen LogP contribution in [0.5, 0.6) is 0 Å². The number of H-pyrrole nitrogens is 2. The van der Waals surface area contributed by atoms with Crippen LogP contribution >= 0.6 is 0 Å². The number of alkyl carbamates (subject to hydrolysis) is 1. The van der Waals surface area contributed by atoms with Crippen LogP contribution in [0.1, 0.15) is 203 Å². The topological polar surface area (TPSA) is 178 Å². The van der Waals surface area contributed by atoms with E-state index < -0.39 is 17.7 Å². The van der Waals surface area contributed by atoms with Crippen LogP contribution in [0, 0.1) is 11.8 Å². The van der Waals surface area contributed by atoms with Crippen LogP contribution in [0.25, 0.3) is 11.3 Å². The van der Waals surface area contributed by atoms with Gasteiger partial charge < -0.3 is 39.8 Å². The summed E-state index contributed by atoms with van der Waals surface area (Å²) >= 11 is 0. The number of hydrogen-bond donors (Lipinski definition) is 4. The van der Waals surface area contributed by atoms with Crippen molar-refractivity contribution in [3.05, 3.63) is 58.6 Å². The molecule has 2 bridgehead atoms. The SMILES string of the molecule is CC(C)(C)OC=O.CC(C)C(C=O)NC(=O)OC(C)(C)C.CN[C@H](C(=O)N1CCC[C@H]1c1ncc(C2CCC(c3ccc(-c4cnc(C5CCCN5C)[nH]4)c4c3C3CCC4N3C)CC2)[nH]1)C(C)C. The summed E-state index contributed by atoms with van der Waals surface area (Å²) in [6, 6.07) is 5.77. The normalized spacial score (nSPS) is 24.7. The van der Waals surface area contributed by atoms with Crippen molar-refractivity contribution < 1.29 is 28.7 Å². The number of ether oxygens (including phenoxy) is 2. The first-order chi connectivity index (χ1) is 32.2. The number of carbonyl (C=O) groups is 4. The number of fused-ring (bicyclic) bond motifs is 5. The smallest absolute Gasteiger partial charge is 0.408 e. The Hall–Kier alpha value is -4.60. The van der Waals surface area contributed by atoms with Crippen molar-refractivity contribution in [3.63, 3.8) is 0 Å². The van der Waals surface area contributed by atoms with Crippen LogP contribution in [-0.4, -0.2) is 117 Å². The van der Waals surface area contributed by atoms with Crippen molar-refractivity contribution in [2.24, 2.45) is 11.8 Å². The Balaban J connectivity index is 0.000000304. The molecular formula is C53H83N9O6. The summed E-state index contributed by atoms with van der Waals surface area (Å²) in [7, 11) is 6.46. The molecule has 15 nitrogen and oxygen atoms in total. The van der Waals surface area contributed by atoms with Crippen LogP contribution in [0.4, 0.5) is 4.79 Å². The zero-order valence-electron chi connectivity index (χ0n) is 43.4. The minimum atomic E-state index is -0.553. The van der Waals surface area contributed by atoms with Gasteiger partial charge >= 0.3 is 6.09 Å². The number of likely N-dealkylation sites (N-methyl/N-ethyl adjacent to an activating group) is 1. The molecule has 1 aromatic carbocycles. The lowest BCUT2D eigenvalue weighted by molar-refractivity contribution is -0.138. The minimum Gasteiger partial charge on any atom is -0.462 e. The maximum atomic E-state index is 13.4. The standard InChI is InChI=1S/C38H54N8O.C10H19NO3.C5H10O2/c1-22(2)35(39-3)38(47)46-19-7-9-32(46)37-40-20-27(42-37)24-12-10-23(11-13-24)25-14-15-26(34-30-17-16-29(33(25)34)45(30)5)28-21-41-36(43-28)31-8-6-18-44(31)4;1-7(2)8(6-12)11-9(13)14-10(3,4)5;1-5(2,3)7-4-6/h14-15,20-24,29-32,35,39H,6-13,16-19H2,1-5H3,(H,40,42)(H,41,43);6-8H,1-5H3,(H,11,13);4H,1-3H3/t23?,24?,29?,30?,31?,32-,35-;;/m0../s1. The number of amides is 2. The van der Waals surface area contributed by atoms with E-state index in [0.717, 1.165) is 37.6 Å². The monoisotopic (exact) mass is 942 g/mol. The molecular weight excluding hydrogens is 859 g/mol. The summed E-state index contributed by atoms with van der Waals surface area (Å²) < 4.78 is 9.56. The number of benzene rings is 1. The predicted octanol–water partition coefficient (Wildman–Crippen LogP) is 9.43. The third-order valence-corrected chi connectivity index (χ3v) is 14.7. The Kier molecular flexibility index (Phi) is 17.4. The minimum absolute atomic E-state index is 0.0562. The molecule has 0 radical (unpaired) electrons. The third-order valence-electron chi connectivity index (χ3n) is 14.7. The molecule has 4 N–H and O–H groups in total. The van der Waals surface area contributed by atoms with Crippen LogP contribution in [-0.2, 0) is 23.9 Å². The summed E-state index contributed by atoms with van der Waals surface area (Å²) in [5.74, 6) is 3.73. The number of aromatic amines is 2. The highest BCUT2D eigenvalue weighted by atomic mass is 16.6. The molecule has 1 saturated carbocycles. The summed E-state index contributed by atoms with van der Waals surface area (Å²) in [4.78, 5) is 69.2. The maximum Gasteiger partial charge on any atom is 0.408 e. The van der Waals surface area contributed by atoms with E-state index in [0.29, 0.717) is 42.7 Å². The fourth-order valence-corrected chi connectivity index (χ4v) is 11.1. The van der Waals surface area contributed by atoms with Crippen LogP contribution < -0.4 is 10.6 Å². The van der Waals surface area contributed by atoms with Crippen molar-refractivity contribution in [1.29, 1.82) is 0 Å². The number of imidazole rings is 2. The van der Waals surface area contributed by atoms with Gasteiger partial charge in [-0.3, -0.25) is 19.4 Å². The van der Waals surface area contributed by atoms with Crippen molar-refractivity contribution in [1.82, 2.24) is 45.3 Å². The Morgan fingerprint density at radius 2 is 1.37 bits per heavy atom. The molecule has 15 heteroatoms. The lowest BCUT2D eigenvalue weighted by atomic mass is 9.73. The zero-order chi connectivity index (χ0) is 49.7. The van der Waals surface area contributed by atoms with Crippen LogP contribution in [0.2, 0.25) is 0 Å². The van der Waals surface area contributed by atoms with Gasteiger partial charge in [-0.1, -0.05) is 39.8 Å². The molecule has 68 heavy (non-hydrogen) atoms. The number of likely N-dealkylation sites (tertiary alicyclic amines) is 2. The van der Waals surface area contributed by atoms with E-state index in [4.69, 9.17) is 14.7 Å². The molecule has 5 aliphatic rings. The average molecular weight is 942 g/mol. The second kappa shape index (κ2) is 22.4. The van der Waals surface area contributed by atoms with Crippen molar-refractivity contribution >= 4 is 24.8 Å². The van der Waals surface area contributed by atoms with E-state index in [-0.39, 0.29) is 35.4 Å². The fourth-order valence-electron chi connectivity index (χ4n) is 11.1. The van der Waals surface area contributed by atoms with E-state index >= 15 is 0 Å². The first kappa shape index (κ1) is 52.8. The van der Waals surface area contributed by atoms with Crippen molar-refractivity contribution in [3.8, 4) is 11.3 Å². The summed E-state index contributed by atoms with van der Waals surface area (Å²) in [6.07, 6.45) is 16.1. The van der Waals surface area contributed by atoms with Crippen LogP contribution in [0.15, 0.2) is 24.5 Å². The molecule has 4 unspecified atom stereocenters. The quantitative estimate of drug-likeness (QED) is 0.127. The number of rotatable bonds is 12. The molecule has 8 rings (SSSR count). The van der Waals surface area contributed by atoms with E-state index in [1.165, 1.54) is 68.3 Å². The molecule has 2 amide bonds. The highest BCUT2D eigenvalue weighted by Crippen LogP contribution is 2.58. The Morgan fingerprint density at radius 1 is 0.750 bits per heavy atom. The number of aldehydes is 1. The lowest BCUT2D eigenvalue weighted by Crippen LogP contribution is -2.47. The third kappa shape index (κ3) is 12.4. The van der Waals surface area contributed by atoms with Gasteiger partial charge in [-0.25, -0.2) is 14.8 Å². The lowest BCUT2D eigenvalue weighted by Gasteiger charge is -2.32. The molecule has 6 heterocycles. The highest BCUT2D eigenvalue weighted by molar-refractivity contribution is 5.82. The first-order valence-electron chi connectivity index (χ1n) is 25.4. The number of nitrogens with one attached hydrogen (secondary N) is 4. The van der Waals surface area contributed by atoms with Crippen molar-refractivity contribution in [2.45, 2.75) is 193 Å². The van der Waals surface area contributed by atoms with Gasteiger partial charge in [0.1, 0.15) is 29.1 Å².